The topological polar surface area (TPSA) is 61.9 Å². The lowest BCUT2D eigenvalue weighted by Gasteiger charge is -2.38. The summed E-state index contributed by atoms with van der Waals surface area (Å²) in [6, 6.07) is 0. The van der Waals surface area contributed by atoms with Gasteiger partial charge in [-0.2, -0.15) is 0 Å². The van der Waals surface area contributed by atoms with Gasteiger partial charge in [-0.1, -0.05) is 0 Å². The quantitative estimate of drug-likeness (QED) is 0.738. The van der Waals surface area contributed by atoms with Crippen molar-refractivity contribution in [2.45, 2.75) is 38.7 Å². The largest absolute Gasteiger partial charge is 0.362 e. The molecule has 0 unspecified atom stereocenters. The van der Waals surface area contributed by atoms with Crippen LogP contribution in [0.4, 0.5) is 0 Å². The van der Waals surface area contributed by atoms with E-state index in [-0.39, 0.29) is 11.8 Å². The average Bonchev–Trinajstić information content (AvgIpc) is 2.96. The summed E-state index contributed by atoms with van der Waals surface area (Å²) >= 11 is 0. The van der Waals surface area contributed by atoms with Crippen molar-refractivity contribution in [3.63, 3.8) is 0 Å². The first-order valence-electron chi connectivity index (χ1n) is 7.91. The van der Waals surface area contributed by atoms with Crippen LogP contribution in [0.5, 0.6) is 0 Å². The summed E-state index contributed by atoms with van der Waals surface area (Å²) in [5, 5.41) is 2.95. The maximum absolute atomic E-state index is 12.3. The van der Waals surface area contributed by atoms with E-state index in [1.165, 1.54) is 32.9 Å². The van der Waals surface area contributed by atoms with Gasteiger partial charge < -0.3 is 19.9 Å². The Kier molecular flexibility index (Phi) is 5.58. The van der Waals surface area contributed by atoms with Crippen LogP contribution in [0.3, 0.4) is 0 Å². The smallest absolute Gasteiger partial charge is 0.253 e. The lowest BCUT2D eigenvalue weighted by molar-refractivity contribution is -0.162. The highest BCUT2D eigenvalue weighted by Crippen LogP contribution is 2.18. The van der Waals surface area contributed by atoms with E-state index in [1.54, 1.807) is 11.8 Å². The van der Waals surface area contributed by atoms with Crippen molar-refractivity contribution in [3.05, 3.63) is 0 Å². The molecule has 0 aromatic heterocycles. The van der Waals surface area contributed by atoms with E-state index in [0.29, 0.717) is 26.2 Å². The van der Waals surface area contributed by atoms with Gasteiger partial charge in [-0.25, -0.2) is 0 Å². The Morgan fingerprint density at radius 2 is 1.95 bits per heavy atom. The second-order valence-electron chi connectivity index (χ2n) is 6.18. The number of carbonyl (C=O) groups excluding carboxylic acids is 2. The molecule has 6 heteroatoms. The van der Waals surface area contributed by atoms with Crippen LogP contribution in [0, 0.1) is 0 Å². The van der Waals surface area contributed by atoms with E-state index in [0.717, 1.165) is 13.0 Å². The van der Waals surface area contributed by atoms with Crippen molar-refractivity contribution in [1.29, 1.82) is 0 Å². The van der Waals surface area contributed by atoms with Crippen molar-refractivity contribution in [2.24, 2.45) is 0 Å². The molecular formula is C15H27N3O3. The molecule has 6 nitrogen and oxygen atoms in total. The molecule has 0 aromatic rings. The number of morpholine rings is 1. The van der Waals surface area contributed by atoms with Crippen LogP contribution in [0.15, 0.2) is 0 Å². The van der Waals surface area contributed by atoms with Gasteiger partial charge in [-0.15, -0.1) is 0 Å². The third kappa shape index (κ3) is 4.41. The van der Waals surface area contributed by atoms with E-state index in [9.17, 15) is 9.59 Å². The molecule has 0 aromatic carbocycles. The van der Waals surface area contributed by atoms with Crippen LogP contribution in [-0.2, 0) is 14.3 Å². The number of nitrogens with one attached hydrogen (secondary N) is 1. The van der Waals surface area contributed by atoms with Gasteiger partial charge in [0, 0.05) is 20.0 Å². The van der Waals surface area contributed by atoms with Crippen LogP contribution in [0.25, 0.3) is 0 Å². The van der Waals surface area contributed by atoms with Crippen LogP contribution in [0.2, 0.25) is 0 Å². The number of hydrogen-bond donors (Lipinski definition) is 1. The lowest BCUT2D eigenvalue weighted by atomic mass is 10.0. The van der Waals surface area contributed by atoms with Crippen LogP contribution >= 0.6 is 0 Å². The van der Waals surface area contributed by atoms with Gasteiger partial charge in [0.05, 0.1) is 13.2 Å². The molecule has 2 aliphatic rings. The van der Waals surface area contributed by atoms with Crippen LogP contribution in [-0.4, -0.2) is 73.1 Å². The zero-order valence-electron chi connectivity index (χ0n) is 13.2. The van der Waals surface area contributed by atoms with Gasteiger partial charge in [0.15, 0.2) is 5.60 Å². The molecule has 0 aliphatic carbocycles. The van der Waals surface area contributed by atoms with Crippen molar-refractivity contribution < 1.29 is 14.3 Å². The fourth-order valence-corrected chi connectivity index (χ4v) is 2.97. The molecule has 0 spiro atoms. The van der Waals surface area contributed by atoms with Crippen LogP contribution in [0.1, 0.15) is 33.1 Å². The summed E-state index contributed by atoms with van der Waals surface area (Å²) in [6.07, 6.45) is 3.54. The van der Waals surface area contributed by atoms with Gasteiger partial charge in [-0.3, -0.25) is 9.59 Å². The molecule has 2 saturated heterocycles. The molecule has 21 heavy (non-hydrogen) atoms. The van der Waals surface area contributed by atoms with E-state index >= 15 is 0 Å². The number of ether oxygens (including phenoxy) is 1. The number of rotatable bonds is 5. The zero-order chi connectivity index (χ0) is 15.3. The summed E-state index contributed by atoms with van der Waals surface area (Å²) < 4.78 is 5.62. The van der Waals surface area contributed by atoms with E-state index in [1.807, 2.05) is 0 Å². The minimum atomic E-state index is -0.919. The van der Waals surface area contributed by atoms with Gasteiger partial charge >= 0.3 is 0 Å². The molecule has 1 atom stereocenters. The molecule has 2 rings (SSSR count). The molecule has 2 aliphatic heterocycles. The minimum absolute atomic E-state index is 0.00800. The Bertz CT molecular complexity index is 382. The predicted molar refractivity (Wildman–Crippen MR) is 79.9 cm³/mol. The van der Waals surface area contributed by atoms with Crippen molar-refractivity contribution >= 4 is 11.8 Å². The van der Waals surface area contributed by atoms with Crippen molar-refractivity contribution in [2.75, 3.05) is 45.9 Å². The molecule has 1 N–H and O–H groups in total. The first-order valence-corrected chi connectivity index (χ1v) is 7.91. The maximum Gasteiger partial charge on any atom is 0.253 e. The fraction of sp³-hybridized carbons (Fsp3) is 0.867. The number of likely N-dealkylation sites (tertiary alicyclic amines) is 1. The van der Waals surface area contributed by atoms with E-state index < -0.39 is 5.60 Å². The normalized spacial score (nSPS) is 26.9. The fourth-order valence-electron chi connectivity index (χ4n) is 2.97. The molecule has 2 heterocycles. The lowest BCUT2D eigenvalue weighted by Crippen LogP contribution is -2.59. The van der Waals surface area contributed by atoms with Gasteiger partial charge in [0.25, 0.3) is 5.91 Å². The summed E-state index contributed by atoms with van der Waals surface area (Å²) in [5.41, 5.74) is -0.919. The predicted octanol–water partition coefficient (Wildman–Crippen LogP) is 0.226. The summed E-state index contributed by atoms with van der Waals surface area (Å²) in [5.74, 6) is -0.124. The van der Waals surface area contributed by atoms with Crippen molar-refractivity contribution in [1.82, 2.24) is 15.1 Å². The summed E-state index contributed by atoms with van der Waals surface area (Å²) in [7, 11) is 0. The Hall–Kier alpha value is -1.14. The highest BCUT2D eigenvalue weighted by molar-refractivity contribution is 5.86. The summed E-state index contributed by atoms with van der Waals surface area (Å²) in [4.78, 5) is 27.9. The highest BCUT2D eigenvalue weighted by Gasteiger charge is 2.39. The minimum Gasteiger partial charge on any atom is -0.362 e. The number of hydrogen-bond acceptors (Lipinski definition) is 4. The molecule has 2 fully saturated rings. The second kappa shape index (κ2) is 7.22. The third-order valence-electron chi connectivity index (χ3n) is 4.34. The zero-order valence-corrected chi connectivity index (χ0v) is 13.2. The van der Waals surface area contributed by atoms with Gasteiger partial charge in [0.2, 0.25) is 5.91 Å². The van der Waals surface area contributed by atoms with E-state index in [4.69, 9.17) is 4.74 Å². The number of carbonyl (C=O) groups is 2. The standard InChI is InChI=1S/C15H27N3O3/c1-13(19)18-10-11-21-15(2,12-18)14(20)16-6-5-9-17-7-3-4-8-17/h3-12H2,1-2H3,(H,16,20)/t15-/m0/s1. The van der Waals surface area contributed by atoms with Gasteiger partial charge in [0.1, 0.15) is 0 Å². The SMILES string of the molecule is CC(=O)N1CCO[C@](C)(C(=O)NCCCN2CCCC2)C1. The first-order chi connectivity index (χ1) is 10.0. The Morgan fingerprint density at radius 3 is 2.62 bits per heavy atom. The Balaban J connectivity index is 1.72. The van der Waals surface area contributed by atoms with Gasteiger partial charge in [-0.05, 0) is 45.8 Å². The molecule has 0 saturated carbocycles. The monoisotopic (exact) mass is 297 g/mol. The molecule has 120 valence electrons. The second-order valence-corrected chi connectivity index (χ2v) is 6.18. The number of amides is 2. The molecule has 0 bridgehead atoms. The van der Waals surface area contributed by atoms with E-state index in [2.05, 4.69) is 10.2 Å². The Morgan fingerprint density at radius 1 is 1.24 bits per heavy atom. The average molecular weight is 297 g/mol. The number of nitrogens with zero attached hydrogens (tertiary/aromatic N) is 2. The van der Waals surface area contributed by atoms with Crippen molar-refractivity contribution in [3.8, 4) is 0 Å². The first kappa shape index (κ1) is 16.2. The molecule has 2 amide bonds. The third-order valence-corrected chi connectivity index (χ3v) is 4.34. The van der Waals surface area contributed by atoms with Crippen LogP contribution < -0.4 is 5.32 Å². The maximum atomic E-state index is 12.3. The summed E-state index contributed by atoms with van der Waals surface area (Å²) in [6.45, 7) is 8.67. The molecular weight excluding hydrogens is 270 g/mol. The Labute approximate surface area is 126 Å². The molecule has 0 radical (unpaired) electrons. The highest BCUT2D eigenvalue weighted by atomic mass is 16.5.